The van der Waals surface area contributed by atoms with Crippen molar-refractivity contribution < 1.29 is 9.18 Å². The van der Waals surface area contributed by atoms with Crippen molar-refractivity contribution in [3.8, 4) is 0 Å². The van der Waals surface area contributed by atoms with E-state index in [9.17, 15) is 9.18 Å². The van der Waals surface area contributed by atoms with Gasteiger partial charge >= 0.3 is 0 Å². The molecule has 1 aliphatic rings. The Labute approximate surface area is 126 Å². The van der Waals surface area contributed by atoms with Gasteiger partial charge in [-0.15, -0.1) is 0 Å². The number of carbonyl (C=O) groups excluding carboxylic acids is 1. The smallest absolute Gasteiger partial charge is 0.247 e. The Kier molecular flexibility index (Phi) is 3.28. The zero-order chi connectivity index (χ0) is 15.9. The molecule has 114 valence electrons. The SMILES string of the molecule is CN(C)c1cccc(N2Nc3ncncc3C2C(N)=O)c1F. The summed E-state index contributed by atoms with van der Waals surface area (Å²) in [7, 11) is 3.48. The first-order valence-electron chi connectivity index (χ1n) is 6.61. The quantitative estimate of drug-likeness (QED) is 0.881. The number of nitrogens with two attached hydrogens (primary N) is 1. The molecule has 1 aromatic heterocycles. The minimum absolute atomic E-state index is 0.216. The number of rotatable bonds is 3. The highest BCUT2D eigenvalue weighted by atomic mass is 19.1. The maximum absolute atomic E-state index is 14.7. The minimum Gasteiger partial charge on any atom is -0.375 e. The van der Waals surface area contributed by atoms with E-state index in [1.165, 1.54) is 17.5 Å². The number of hydrogen-bond donors (Lipinski definition) is 2. The van der Waals surface area contributed by atoms with Gasteiger partial charge in [0.05, 0.1) is 11.4 Å². The number of carbonyl (C=O) groups is 1. The number of anilines is 3. The predicted octanol–water partition coefficient (Wildman–Crippen LogP) is 1.06. The Morgan fingerprint density at radius 2 is 2.23 bits per heavy atom. The molecular formula is C14H15FN6O. The van der Waals surface area contributed by atoms with Gasteiger partial charge < -0.3 is 10.6 Å². The average Bonchev–Trinajstić information content (AvgIpc) is 2.86. The van der Waals surface area contributed by atoms with Gasteiger partial charge in [0.25, 0.3) is 0 Å². The van der Waals surface area contributed by atoms with E-state index in [4.69, 9.17) is 5.73 Å². The lowest BCUT2D eigenvalue weighted by atomic mass is 10.1. The van der Waals surface area contributed by atoms with Crippen LogP contribution in [0.3, 0.4) is 0 Å². The molecular weight excluding hydrogens is 287 g/mol. The molecule has 22 heavy (non-hydrogen) atoms. The first kappa shape index (κ1) is 14.1. The van der Waals surface area contributed by atoms with Gasteiger partial charge in [-0.2, -0.15) is 0 Å². The summed E-state index contributed by atoms with van der Waals surface area (Å²) in [5.74, 6) is -0.629. The molecule has 1 unspecified atom stereocenters. The van der Waals surface area contributed by atoms with Gasteiger partial charge in [0.2, 0.25) is 5.91 Å². The van der Waals surface area contributed by atoms with Crippen molar-refractivity contribution in [1.29, 1.82) is 0 Å². The number of hydrazine groups is 1. The fraction of sp³-hybridized carbons (Fsp3) is 0.214. The Bertz CT molecular complexity index is 735. The van der Waals surface area contributed by atoms with Gasteiger partial charge in [-0.05, 0) is 12.1 Å². The van der Waals surface area contributed by atoms with Crippen LogP contribution in [0.25, 0.3) is 0 Å². The van der Waals surface area contributed by atoms with Gasteiger partial charge in [-0.3, -0.25) is 15.2 Å². The van der Waals surface area contributed by atoms with Crippen LogP contribution >= 0.6 is 0 Å². The number of primary amides is 1. The molecule has 7 nitrogen and oxygen atoms in total. The summed E-state index contributed by atoms with van der Waals surface area (Å²) in [6, 6.07) is 4.07. The van der Waals surface area contributed by atoms with Crippen molar-refractivity contribution in [2.24, 2.45) is 5.73 Å². The highest BCUT2D eigenvalue weighted by molar-refractivity contribution is 5.90. The van der Waals surface area contributed by atoms with Gasteiger partial charge in [-0.1, -0.05) is 6.07 Å². The standard InChI is InChI=1S/C14H15FN6O/c1-20(2)9-4-3-5-10(11(9)15)21-12(13(16)22)8-6-17-7-18-14(8)19-21/h3-7,12H,1-2H3,(H2,16,22)(H,17,18,19). The van der Waals surface area contributed by atoms with Crippen LogP contribution in [0.2, 0.25) is 0 Å². The van der Waals surface area contributed by atoms with Crippen LogP contribution in [0.4, 0.5) is 21.6 Å². The van der Waals surface area contributed by atoms with E-state index >= 15 is 0 Å². The number of benzene rings is 1. The number of aromatic nitrogens is 2. The second-order valence-corrected chi connectivity index (χ2v) is 5.12. The zero-order valence-corrected chi connectivity index (χ0v) is 12.1. The van der Waals surface area contributed by atoms with E-state index in [0.29, 0.717) is 17.1 Å². The van der Waals surface area contributed by atoms with Crippen LogP contribution in [0.1, 0.15) is 11.6 Å². The molecule has 0 aliphatic carbocycles. The molecule has 1 amide bonds. The van der Waals surface area contributed by atoms with Crippen molar-refractivity contribution >= 4 is 23.1 Å². The topological polar surface area (TPSA) is 87.4 Å². The van der Waals surface area contributed by atoms with E-state index in [1.54, 1.807) is 37.2 Å². The fourth-order valence-electron chi connectivity index (χ4n) is 2.47. The maximum Gasteiger partial charge on any atom is 0.247 e. The van der Waals surface area contributed by atoms with Crippen LogP contribution in [0.5, 0.6) is 0 Å². The lowest BCUT2D eigenvalue weighted by Gasteiger charge is -2.26. The van der Waals surface area contributed by atoms with Gasteiger partial charge in [0, 0.05) is 25.9 Å². The summed E-state index contributed by atoms with van der Waals surface area (Å²) >= 11 is 0. The lowest BCUT2D eigenvalue weighted by Crippen LogP contribution is -2.37. The molecule has 2 heterocycles. The average molecular weight is 302 g/mol. The lowest BCUT2D eigenvalue weighted by molar-refractivity contribution is -0.119. The second kappa shape index (κ2) is 5.14. The Hall–Kier alpha value is -2.90. The molecule has 0 fully saturated rings. The van der Waals surface area contributed by atoms with Crippen LogP contribution in [0.15, 0.2) is 30.7 Å². The van der Waals surface area contributed by atoms with Crippen LogP contribution in [0, 0.1) is 5.82 Å². The number of nitrogens with one attached hydrogen (secondary N) is 1. The third kappa shape index (κ3) is 2.09. The number of hydrogen-bond acceptors (Lipinski definition) is 6. The molecule has 1 atom stereocenters. The third-order valence-corrected chi connectivity index (χ3v) is 3.49. The highest BCUT2D eigenvalue weighted by Crippen LogP contribution is 2.39. The molecule has 0 radical (unpaired) electrons. The van der Waals surface area contributed by atoms with Crippen molar-refractivity contribution in [3.63, 3.8) is 0 Å². The summed E-state index contributed by atoms with van der Waals surface area (Å²) in [6.07, 6.45) is 2.85. The van der Waals surface area contributed by atoms with Gasteiger partial charge in [-0.25, -0.2) is 14.4 Å². The maximum atomic E-state index is 14.7. The summed E-state index contributed by atoms with van der Waals surface area (Å²) in [4.78, 5) is 21.4. The Morgan fingerprint density at radius 3 is 2.91 bits per heavy atom. The van der Waals surface area contributed by atoms with E-state index < -0.39 is 17.8 Å². The van der Waals surface area contributed by atoms with E-state index in [2.05, 4.69) is 15.4 Å². The van der Waals surface area contributed by atoms with Crippen molar-refractivity contribution in [3.05, 3.63) is 42.1 Å². The molecule has 0 spiro atoms. The van der Waals surface area contributed by atoms with Crippen molar-refractivity contribution in [1.82, 2.24) is 9.97 Å². The van der Waals surface area contributed by atoms with Crippen LogP contribution in [-0.4, -0.2) is 30.0 Å². The predicted molar refractivity (Wildman–Crippen MR) is 80.8 cm³/mol. The third-order valence-electron chi connectivity index (χ3n) is 3.49. The van der Waals surface area contributed by atoms with Gasteiger partial charge in [0.1, 0.15) is 6.33 Å². The first-order chi connectivity index (χ1) is 10.5. The van der Waals surface area contributed by atoms with E-state index in [-0.39, 0.29) is 5.69 Å². The summed E-state index contributed by atoms with van der Waals surface area (Å²) < 4.78 is 14.7. The molecule has 0 bridgehead atoms. The highest BCUT2D eigenvalue weighted by Gasteiger charge is 2.37. The number of fused-ring (bicyclic) bond motifs is 1. The Morgan fingerprint density at radius 1 is 1.45 bits per heavy atom. The first-order valence-corrected chi connectivity index (χ1v) is 6.61. The molecule has 0 saturated carbocycles. The molecule has 0 saturated heterocycles. The normalized spacial score (nSPS) is 16.1. The monoisotopic (exact) mass is 302 g/mol. The van der Waals surface area contributed by atoms with Gasteiger partial charge in [0.15, 0.2) is 17.7 Å². The van der Waals surface area contributed by atoms with Crippen molar-refractivity contribution in [2.75, 3.05) is 29.4 Å². The number of nitrogens with zero attached hydrogens (tertiary/aromatic N) is 4. The van der Waals surface area contributed by atoms with Crippen LogP contribution in [-0.2, 0) is 4.79 Å². The molecule has 3 rings (SSSR count). The van der Waals surface area contributed by atoms with E-state index in [1.807, 2.05) is 0 Å². The molecule has 2 aromatic rings. The molecule has 8 heteroatoms. The Balaban J connectivity index is 2.10. The second-order valence-electron chi connectivity index (χ2n) is 5.12. The summed E-state index contributed by atoms with van der Waals surface area (Å²) in [5, 5.41) is 1.38. The van der Waals surface area contributed by atoms with E-state index in [0.717, 1.165) is 0 Å². The summed E-state index contributed by atoms with van der Waals surface area (Å²) in [6.45, 7) is 0. The largest absolute Gasteiger partial charge is 0.375 e. The fourth-order valence-corrected chi connectivity index (χ4v) is 2.47. The molecule has 3 N–H and O–H groups in total. The number of halogens is 1. The molecule has 1 aromatic carbocycles. The van der Waals surface area contributed by atoms with Crippen molar-refractivity contribution in [2.45, 2.75) is 6.04 Å². The van der Waals surface area contributed by atoms with Crippen LogP contribution < -0.4 is 21.1 Å². The minimum atomic E-state index is -0.872. The molecule has 1 aliphatic heterocycles. The summed E-state index contributed by atoms with van der Waals surface area (Å²) in [5.41, 5.74) is 9.53. The number of amides is 1. The zero-order valence-electron chi connectivity index (χ0n) is 12.1.